The fourth-order valence-electron chi connectivity index (χ4n) is 2.03. The van der Waals surface area contributed by atoms with Crippen LogP contribution in [0.5, 0.6) is 0 Å². The molecule has 0 atom stereocenters. The van der Waals surface area contributed by atoms with Crippen LogP contribution in [-0.2, 0) is 0 Å². The smallest absolute Gasteiger partial charge is 0.298 e. The van der Waals surface area contributed by atoms with Crippen molar-refractivity contribution in [2.45, 2.75) is 13.3 Å². The van der Waals surface area contributed by atoms with Crippen molar-refractivity contribution in [3.05, 3.63) is 18.2 Å². The van der Waals surface area contributed by atoms with Gasteiger partial charge in [-0.25, -0.2) is 0 Å². The molecule has 0 amide bonds. The van der Waals surface area contributed by atoms with E-state index < -0.39 is 0 Å². The van der Waals surface area contributed by atoms with Crippen LogP contribution in [0.2, 0.25) is 0 Å². The highest BCUT2D eigenvalue weighted by Crippen LogP contribution is 2.23. The largest absolute Gasteiger partial charge is 0.423 e. The molecule has 2 N–H and O–H groups in total. The lowest BCUT2D eigenvalue weighted by atomic mass is 10.3. The molecule has 0 aliphatic rings. The topological polar surface area (TPSA) is 58.5 Å². The molecule has 0 saturated heterocycles. The zero-order valence-electron chi connectivity index (χ0n) is 11.9. The van der Waals surface area contributed by atoms with Crippen LogP contribution in [0.1, 0.15) is 13.3 Å². The number of fused-ring (bicyclic) bond motifs is 1. The Morgan fingerprint density at radius 3 is 2.74 bits per heavy atom. The second-order valence-electron chi connectivity index (χ2n) is 4.96. The van der Waals surface area contributed by atoms with Gasteiger partial charge in [0, 0.05) is 24.8 Å². The molecule has 19 heavy (non-hydrogen) atoms. The number of benzene rings is 1. The quantitative estimate of drug-likeness (QED) is 0.809. The summed E-state index contributed by atoms with van der Waals surface area (Å²) in [5.74, 6) is 0. The molecule has 2 rings (SSSR count). The molecule has 104 valence electrons. The molecule has 0 bridgehead atoms. The molecule has 0 fully saturated rings. The van der Waals surface area contributed by atoms with E-state index in [9.17, 15) is 0 Å². The molecule has 2 aromatic rings. The molecule has 0 aliphatic heterocycles. The van der Waals surface area contributed by atoms with E-state index >= 15 is 0 Å². The van der Waals surface area contributed by atoms with Crippen LogP contribution in [0.3, 0.4) is 0 Å². The van der Waals surface area contributed by atoms with Crippen LogP contribution in [-0.4, -0.2) is 43.6 Å². The molecule has 0 radical (unpaired) electrons. The summed E-state index contributed by atoms with van der Waals surface area (Å²) < 4.78 is 5.78. The van der Waals surface area contributed by atoms with E-state index in [1.807, 2.05) is 18.2 Å². The number of rotatable bonds is 6. The Balaban J connectivity index is 2.11. The molecule has 0 spiro atoms. The molecule has 5 heteroatoms. The predicted molar refractivity (Wildman–Crippen MR) is 79.5 cm³/mol. The van der Waals surface area contributed by atoms with Gasteiger partial charge < -0.3 is 20.0 Å². The van der Waals surface area contributed by atoms with Crippen molar-refractivity contribution in [1.29, 1.82) is 0 Å². The van der Waals surface area contributed by atoms with Crippen molar-refractivity contribution in [2.75, 3.05) is 44.4 Å². The van der Waals surface area contributed by atoms with Crippen LogP contribution >= 0.6 is 0 Å². The average molecular weight is 262 g/mol. The zero-order chi connectivity index (χ0) is 13.8. The van der Waals surface area contributed by atoms with Crippen molar-refractivity contribution < 1.29 is 4.42 Å². The lowest BCUT2D eigenvalue weighted by molar-refractivity contribution is 0.398. The van der Waals surface area contributed by atoms with E-state index in [0.717, 1.165) is 37.2 Å². The van der Waals surface area contributed by atoms with Gasteiger partial charge in [0.1, 0.15) is 5.52 Å². The standard InChI is InChI=1S/C14H22N4O/c1-4-18(9-5-8-17(2)3)14-16-12-7-6-11(15)10-13(12)19-14/h6-7,10H,4-5,8-9,15H2,1-3H3. The Kier molecular flexibility index (Phi) is 4.27. The summed E-state index contributed by atoms with van der Waals surface area (Å²) in [6.45, 7) is 5.00. The van der Waals surface area contributed by atoms with E-state index in [-0.39, 0.29) is 0 Å². The first kappa shape index (κ1) is 13.7. The maximum Gasteiger partial charge on any atom is 0.298 e. The van der Waals surface area contributed by atoms with Crippen LogP contribution < -0.4 is 10.6 Å². The molecule has 1 aromatic carbocycles. The third-order valence-corrected chi connectivity index (χ3v) is 3.09. The summed E-state index contributed by atoms with van der Waals surface area (Å²) in [6.07, 6.45) is 1.09. The van der Waals surface area contributed by atoms with E-state index in [2.05, 4.69) is 35.8 Å². The number of hydrogen-bond donors (Lipinski definition) is 1. The third-order valence-electron chi connectivity index (χ3n) is 3.09. The third kappa shape index (κ3) is 3.38. The highest BCUT2D eigenvalue weighted by Gasteiger charge is 2.12. The van der Waals surface area contributed by atoms with Gasteiger partial charge >= 0.3 is 0 Å². The molecule has 0 saturated carbocycles. The number of aromatic nitrogens is 1. The minimum absolute atomic E-state index is 0.682. The van der Waals surface area contributed by atoms with Gasteiger partial charge in [0.15, 0.2) is 5.58 Å². The second kappa shape index (κ2) is 5.93. The molecule has 1 heterocycles. The number of hydrogen-bond acceptors (Lipinski definition) is 5. The van der Waals surface area contributed by atoms with Crippen LogP contribution in [0.15, 0.2) is 22.6 Å². The number of nitrogens with two attached hydrogens (primary N) is 1. The summed E-state index contributed by atoms with van der Waals surface area (Å²) in [7, 11) is 4.16. The summed E-state index contributed by atoms with van der Waals surface area (Å²) >= 11 is 0. The Morgan fingerprint density at radius 1 is 1.26 bits per heavy atom. The molecule has 0 aliphatic carbocycles. The van der Waals surface area contributed by atoms with E-state index in [1.165, 1.54) is 0 Å². The van der Waals surface area contributed by atoms with E-state index in [4.69, 9.17) is 10.2 Å². The zero-order valence-corrected chi connectivity index (χ0v) is 11.9. The van der Waals surface area contributed by atoms with Gasteiger partial charge in [0.05, 0.1) is 0 Å². The van der Waals surface area contributed by atoms with Gasteiger partial charge in [-0.1, -0.05) is 0 Å². The molecular weight excluding hydrogens is 240 g/mol. The number of anilines is 2. The molecule has 5 nitrogen and oxygen atoms in total. The summed E-state index contributed by atoms with van der Waals surface area (Å²) in [6, 6.07) is 6.24. The lowest BCUT2D eigenvalue weighted by Crippen LogP contribution is -2.27. The Labute approximate surface area is 114 Å². The normalized spacial score (nSPS) is 11.4. The maximum absolute atomic E-state index is 5.78. The second-order valence-corrected chi connectivity index (χ2v) is 4.96. The predicted octanol–water partition coefficient (Wildman–Crippen LogP) is 2.19. The van der Waals surface area contributed by atoms with Gasteiger partial charge in [0.2, 0.25) is 0 Å². The molecule has 1 aromatic heterocycles. The SMILES string of the molecule is CCN(CCCN(C)C)c1nc2ccc(N)cc2o1. The summed E-state index contributed by atoms with van der Waals surface area (Å²) in [5, 5.41) is 0. The Hall–Kier alpha value is -1.75. The first-order valence-electron chi connectivity index (χ1n) is 6.66. The Morgan fingerprint density at radius 2 is 2.05 bits per heavy atom. The van der Waals surface area contributed by atoms with Crippen molar-refractivity contribution in [1.82, 2.24) is 9.88 Å². The van der Waals surface area contributed by atoms with Gasteiger partial charge in [-0.2, -0.15) is 4.98 Å². The van der Waals surface area contributed by atoms with E-state index in [1.54, 1.807) is 0 Å². The number of oxazole rings is 1. The van der Waals surface area contributed by atoms with Gasteiger partial charge in [-0.05, 0) is 46.1 Å². The van der Waals surface area contributed by atoms with Gasteiger partial charge in [0.25, 0.3) is 6.01 Å². The van der Waals surface area contributed by atoms with Crippen LogP contribution in [0, 0.1) is 0 Å². The average Bonchev–Trinajstić information content (AvgIpc) is 2.76. The minimum atomic E-state index is 0.682. The lowest BCUT2D eigenvalue weighted by Gasteiger charge is -2.19. The van der Waals surface area contributed by atoms with Crippen molar-refractivity contribution >= 4 is 22.8 Å². The summed E-state index contributed by atoms with van der Waals surface area (Å²) in [4.78, 5) is 8.85. The highest BCUT2D eigenvalue weighted by atomic mass is 16.4. The molecular formula is C14H22N4O. The van der Waals surface area contributed by atoms with Crippen LogP contribution in [0.25, 0.3) is 11.1 Å². The monoisotopic (exact) mass is 262 g/mol. The number of nitrogens with zero attached hydrogens (tertiary/aromatic N) is 3. The highest BCUT2D eigenvalue weighted by molar-refractivity contribution is 5.78. The molecule has 0 unspecified atom stereocenters. The minimum Gasteiger partial charge on any atom is -0.423 e. The van der Waals surface area contributed by atoms with Crippen LogP contribution in [0.4, 0.5) is 11.7 Å². The fourth-order valence-corrected chi connectivity index (χ4v) is 2.03. The first-order chi connectivity index (χ1) is 9.10. The fraction of sp³-hybridized carbons (Fsp3) is 0.500. The number of nitrogen functional groups attached to an aromatic ring is 1. The van der Waals surface area contributed by atoms with Crippen molar-refractivity contribution in [3.8, 4) is 0 Å². The van der Waals surface area contributed by atoms with Gasteiger partial charge in [-0.3, -0.25) is 0 Å². The summed E-state index contributed by atoms with van der Waals surface area (Å²) in [5.41, 5.74) is 8.06. The van der Waals surface area contributed by atoms with Crippen molar-refractivity contribution in [3.63, 3.8) is 0 Å². The van der Waals surface area contributed by atoms with Crippen molar-refractivity contribution in [2.24, 2.45) is 0 Å². The van der Waals surface area contributed by atoms with E-state index in [0.29, 0.717) is 11.7 Å². The van der Waals surface area contributed by atoms with Gasteiger partial charge in [-0.15, -0.1) is 0 Å². The first-order valence-corrected chi connectivity index (χ1v) is 6.66. The Bertz CT molecular complexity index is 535. The maximum atomic E-state index is 5.78.